The van der Waals surface area contributed by atoms with Gasteiger partial charge in [-0.3, -0.25) is 14.0 Å². The van der Waals surface area contributed by atoms with Crippen molar-refractivity contribution in [1.82, 2.24) is 14.6 Å². The van der Waals surface area contributed by atoms with Gasteiger partial charge in [0.15, 0.2) is 11.1 Å². The summed E-state index contributed by atoms with van der Waals surface area (Å²) >= 11 is 0. The number of aliphatic hydroxyl groups excluding tert-OH is 1. The Morgan fingerprint density at radius 3 is 2.48 bits per heavy atom. The average molecular weight is 339 g/mol. The Morgan fingerprint density at radius 2 is 1.76 bits per heavy atom. The number of carbonyl (C=O) groups is 1. The van der Waals surface area contributed by atoms with Crippen LogP contribution in [0.2, 0.25) is 0 Å². The number of hydrogen-bond acceptors (Lipinski definition) is 5. The molecule has 0 saturated carbocycles. The normalized spacial score (nSPS) is 12.3. The first-order chi connectivity index (χ1) is 12.1. The summed E-state index contributed by atoms with van der Waals surface area (Å²) in [5, 5.41) is 27.0. The smallest absolute Gasteiger partial charge is 0.303 e. The van der Waals surface area contributed by atoms with Gasteiger partial charge in [-0.15, -0.1) is 10.2 Å². The molecular formula is C18H17N3O4. The molecule has 0 fully saturated rings. The van der Waals surface area contributed by atoms with Gasteiger partial charge in [-0.25, -0.2) is 0 Å². The van der Waals surface area contributed by atoms with Gasteiger partial charge in [-0.1, -0.05) is 30.3 Å². The second-order valence-electron chi connectivity index (χ2n) is 5.69. The third-order valence-corrected chi connectivity index (χ3v) is 3.96. The van der Waals surface area contributed by atoms with Crippen molar-refractivity contribution >= 4 is 17.4 Å². The van der Waals surface area contributed by atoms with Crippen LogP contribution in [-0.4, -0.2) is 30.8 Å². The maximum Gasteiger partial charge on any atom is 0.303 e. The Morgan fingerprint density at radius 1 is 1.00 bits per heavy atom. The van der Waals surface area contributed by atoms with Gasteiger partial charge in [0.1, 0.15) is 16.8 Å². The molecule has 2 heterocycles. The lowest BCUT2D eigenvalue weighted by atomic mass is 10.1. The Kier molecular flexibility index (Phi) is 4.74. The van der Waals surface area contributed by atoms with E-state index in [0.29, 0.717) is 12.2 Å². The molecule has 0 aliphatic carbocycles. The molecule has 3 aromatic rings. The second-order valence-corrected chi connectivity index (χ2v) is 5.69. The van der Waals surface area contributed by atoms with E-state index in [0.717, 1.165) is 12.0 Å². The van der Waals surface area contributed by atoms with E-state index in [1.54, 1.807) is 10.6 Å². The van der Waals surface area contributed by atoms with Crippen LogP contribution in [-0.2, 0) is 17.6 Å². The fourth-order valence-corrected chi connectivity index (χ4v) is 2.68. The fourth-order valence-electron chi connectivity index (χ4n) is 2.68. The van der Waals surface area contributed by atoms with Crippen LogP contribution >= 0.6 is 0 Å². The molecule has 3 rings (SSSR count). The maximum absolute atomic E-state index is 12.1. The van der Waals surface area contributed by atoms with Crippen molar-refractivity contribution in [1.29, 1.82) is 0 Å². The minimum atomic E-state index is -1.05. The number of nitrogens with zero attached hydrogens (tertiary/aromatic N) is 3. The highest BCUT2D eigenvalue weighted by Crippen LogP contribution is 2.07. The van der Waals surface area contributed by atoms with E-state index in [1.807, 2.05) is 30.3 Å². The van der Waals surface area contributed by atoms with Crippen molar-refractivity contribution in [3.8, 4) is 0 Å². The minimum Gasteiger partial charge on any atom is -0.511 e. The predicted molar refractivity (Wildman–Crippen MR) is 91.2 cm³/mol. The summed E-state index contributed by atoms with van der Waals surface area (Å²) in [6.45, 7) is 0. The highest BCUT2D eigenvalue weighted by Gasteiger charge is 2.12. The predicted octanol–water partition coefficient (Wildman–Crippen LogP) is 1.12. The third-order valence-electron chi connectivity index (χ3n) is 3.96. The molecule has 128 valence electrons. The van der Waals surface area contributed by atoms with E-state index >= 15 is 0 Å². The van der Waals surface area contributed by atoms with Crippen LogP contribution < -0.4 is 10.6 Å². The highest BCUT2D eigenvalue weighted by atomic mass is 16.4. The molecule has 1 aromatic carbocycles. The molecule has 2 aromatic heterocycles. The number of carboxylic acids is 1. The molecule has 0 aliphatic rings. The van der Waals surface area contributed by atoms with Gasteiger partial charge < -0.3 is 10.2 Å². The van der Waals surface area contributed by atoms with Gasteiger partial charge in [-0.2, -0.15) is 0 Å². The second kappa shape index (κ2) is 7.12. The van der Waals surface area contributed by atoms with Gasteiger partial charge in [-0.05, 0) is 12.0 Å². The number of hydrogen-bond donors (Lipinski definition) is 2. The highest BCUT2D eigenvalue weighted by molar-refractivity contribution is 5.68. The maximum atomic E-state index is 12.1. The summed E-state index contributed by atoms with van der Waals surface area (Å²) in [6, 6.07) is 11.3. The Bertz CT molecular complexity index is 1010. The Hall–Kier alpha value is -3.22. The van der Waals surface area contributed by atoms with Crippen LogP contribution in [0.4, 0.5) is 0 Å². The SMILES string of the molecule is O=C(O)CCC(O)=c1c(=O)ccn2c(CCc3ccccc3)nnc12. The van der Waals surface area contributed by atoms with Crippen LogP contribution in [0.5, 0.6) is 0 Å². The molecule has 0 aliphatic heterocycles. The molecular weight excluding hydrogens is 322 g/mol. The molecule has 0 spiro atoms. The van der Waals surface area contributed by atoms with Crippen molar-refractivity contribution in [3.63, 3.8) is 0 Å². The largest absolute Gasteiger partial charge is 0.511 e. The van der Waals surface area contributed by atoms with Crippen molar-refractivity contribution < 1.29 is 15.0 Å². The van der Waals surface area contributed by atoms with Crippen LogP contribution in [0.3, 0.4) is 0 Å². The van der Waals surface area contributed by atoms with Gasteiger partial charge in [0, 0.05) is 25.1 Å². The number of pyridine rings is 1. The molecule has 0 amide bonds. The zero-order valence-corrected chi connectivity index (χ0v) is 13.4. The van der Waals surface area contributed by atoms with Crippen LogP contribution in [0.25, 0.3) is 11.4 Å². The molecule has 7 nitrogen and oxygen atoms in total. The van der Waals surface area contributed by atoms with Crippen LogP contribution in [0.15, 0.2) is 47.4 Å². The number of carboxylic acid groups (broad SMARTS) is 1. The third kappa shape index (κ3) is 3.65. The monoisotopic (exact) mass is 339 g/mol. The lowest BCUT2D eigenvalue weighted by molar-refractivity contribution is -0.136. The van der Waals surface area contributed by atoms with Gasteiger partial charge in [0.2, 0.25) is 0 Å². The van der Waals surface area contributed by atoms with E-state index in [4.69, 9.17) is 5.11 Å². The summed E-state index contributed by atoms with van der Waals surface area (Å²) in [5.41, 5.74) is 1.01. The average Bonchev–Trinajstić information content (AvgIpc) is 3.01. The van der Waals surface area contributed by atoms with Crippen LogP contribution in [0.1, 0.15) is 24.2 Å². The molecule has 2 N–H and O–H groups in total. The Balaban J connectivity index is 1.96. The summed E-state index contributed by atoms with van der Waals surface area (Å²) in [6.07, 6.45) is 2.58. The topological polar surface area (TPSA) is 105 Å². The molecule has 0 bridgehead atoms. The standard InChI is InChI=1S/C18H17N3O4/c22-13(7-9-16(24)25)17-14(23)10-11-21-15(19-20-18(17)21)8-6-12-4-2-1-3-5-12/h1-5,10-11,22H,6-9H2,(H,24,25). The summed E-state index contributed by atoms with van der Waals surface area (Å²) in [4.78, 5) is 22.8. The fraction of sp³-hybridized carbons (Fsp3) is 0.222. The zero-order chi connectivity index (χ0) is 17.8. The summed E-state index contributed by atoms with van der Waals surface area (Å²) in [5.74, 6) is -0.651. The molecule has 0 radical (unpaired) electrons. The summed E-state index contributed by atoms with van der Waals surface area (Å²) in [7, 11) is 0. The Labute approximate surface area is 142 Å². The van der Waals surface area contributed by atoms with E-state index in [-0.39, 0.29) is 29.5 Å². The number of aromatic nitrogens is 3. The van der Waals surface area contributed by atoms with E-state index in [2.05, 4.69) is 10.2 Å². The van der Waals surface area contributed by atoms with Crippen molar-refractivity contribution in [3.05, 3.63) is 69.4 Å². The molecule has 0 atom stereocenters. The van der Waals surface area contributed by atoms with Crippen molar-refractivity contribution in [2.75, 3.05) is 0 Å². The van der Waals surface area contributed by atoms with Gasteiger partial charge in [0.05, 0.1) is 6.42 Å². The van der Waals surface area contributed by atoms with Crippen LogP contribution in [0, 0.1) is 0 Å². The molecule has 7 heteroatoms. The van der Waals surface area contributed by atoms with Gasteiger partial charge in [0.25, 0.3) is 0 Å². The molecule has 0 saturated heterocycles. The number of fused-ring (bicyclic) bond motifs is 1. The number of aliphatic hydroxyl groups is 1. The lowest BCUT2D eigenvalue weighted by Crippen LogP contribution is -2.29. The number of benzene rings is 1. The number of rotatable bonds is 6. The van der Waals surface area contributed by atoms with E-state index in [9.17, 15) is 14.7 Å². The molecule has 25 heavy (non-hydrogen) atoms. The van der Waals surface area contributed by atoms with Gasteiger partial charge >= 0.3 is 5.97 Å². The first-order valence-electron chi connectivity index (χ1n) is 7.90. The van der Waals surface area contributed by atoms with Crippen molar-refractivity contribution in [2.45, 2.75) is 25.7 Å². The zero-order valence-electron chi connectivity index (χ0n) is 13.4. The molecule has 0 unspecified atom stereocenters. The minimum absolute atomic E-state index is 0.0159. The number of aryl methyl sites for hydroxylation is 2. The van der Waals surface area contributed by atoms with Crippen molar-refractivity contribution in [2.24, 2.45) is 0 Å². The van der Waals surface area contributed by atoms with E-state index < -0.39 is 11.4 Å². The first-order valence-corrected chi connectivity index (χ1v) is 7.90. The lowest BCUT2D eigenvalue weighted by Gasteiger charge is -2.02. The summed E-state index contributed by atoms with van der Waals surface area (Å²) < 4.78 is 1.66. The first kappa shape index (κ1) is 16.6. The van der Waals surface area contributed by atoms with E-state index in [1.165, 1.54) is 6.07 Å². The quantitative estimate of drug-likeness (QED) is 0.697. The number of aliphatic carboxylic acids is 1.